The van der Waals surface area contributed by atoms with Crippen molar-refractivity contribution in [1.29, 1.82) is 0 Å². The van der Waals surface area contributed by atoms with Gasteiger partial charge >= 0.3 is 0 Å². The Labute approximate surface area is 89.4 Å². The molecule has 2 atom stereocenters. The molecule has 2 rings (SSSR count). The molecular weight excluding hydrogens is 193 g/mol. The Balaban J connectivity index is 2.12. The highest BCUT2D eigenvalue weighted by Crippen LogP contribution is 2.22. The van der Waals surface area contributed by atoms with Crippen molar-refractivity contribution in [3.05, 3.63) is 29.6 Å². The third-order valence-corrected chi connectivity index (χ3v) is 2.92. The zero-order chi connectivity index (χ0) is 10.8. The Morgan fingerprint density at radius 3 is 2.93 bits per heavy atom. The molecule has 0 bridgehead atoms. The zero-order valence-corrected chi connectivity index (χ0v) is 9.09. The van der Waals surface area contributed by atoms with Crippen LogP contribution in [0.25, 0.3) is 0 Å². The Hall–Kier alpha value is -1.09. The van der Waals surface area contributed by atoms with Gasteiger partial charge in [-0.15, -0.1) is 0 Å². The Morgan fingerprint density at radius 2 is 2.27 bits per heavy atom. The van der Waals surface area contributed by atoms with Gasteiger partial charge in [0.2, 0.25) is 0 Å². The van der Waals surface area contributed by atoms with Crippen molar-refractivity contribution in [2.45, 2.75) is 32.4 Å². The van der Waals surface area contributed by atoms with Gasteiger partial charge in [-0.1, -0.05) is 6.07 Å². The molecule has 0 aliphatic carbocycles. The first-order chi connectivity index (χ1) is 7.16. The van der Waals surface area contributed by atoms with Crippen molar-refractivity contribution >= 4 is 5.69 Å². The molecule has 1 aliphatic rings. The topological polar surface area (TPSA) is 21.3 Å². The summed E-state index contributed by atoms with van der Waals surface area (Å²) in [7, 11) is 0. The smallest absolute Gasteiger partial charge is 0.125 e. The summed E-state index contributed by atoms with van der Waals surface area (Å²) in [6.45, 7) is 4.80. The number of hydrogen-bond acceptors (Lipinski definition) is 2. The van der Waals surface area contributed by atoms with Crippen molar-refractivity contribution in [3.63, 3.8) is 0 Å². The summed E-state index contributed by atoms with van der Waals surface area (Å²) >= 11 is 0. The van der Waals surface area contributed by atoms with E-state index >= 15 is 0 Å². The van der Waals surface area contributed by atoms with Crippen LogP contribution >= 0.6 is 0 Å². The SMILES string of the molecule is Cc1ccc(F)cc1N[C@H]1CCO[C@H]1C. The molecule has 1 fully saturated rings. The molecule has 0 unspecified atom stereocenters. The van der Waals surface area contributed by atoms with Gasteiger partial charge in [-0.25, -0.2) is 4.39 Å². The maximum absolute atomic E-state index is 13.0. The van der Waals surface area contributed by atoms with Crippen LogP contribution < -0.4 is 5.32 Å². The highest BCUT2D eigenvalue weighted by Gasteiger charge is 2.24. The molecule has 1 heterocycles. The molecule has 0 amide bonds. The average molecular weight is 209 g/mol. The summed E-state index contributed by atoms with van der Waals surface area (Å²) in [5.74, 6) is -0.199. The average Bonchev–Trinajstić information content (AvgIpc) is 2.58. The summed E-state index contributed by atoms with van der Waals surface area (Å²) in [6.07, 6.45) is 1.18. The second-order valence-electron chi connectivity index (χ2n) is 4.07. The first-order valence-electron chi connectivity index (χ1n) is 5.31. The lowest BCUT2D eigenvalue weighted by molar-refractivity contribution is 0.121. The minimum absolute atomic E-state index is 0.199. The van der Waals surface area contributed by atoms with E-state index in [0.717, 1.165) is 24.3 Å². The van der Waals surface area contributed by atoms with E-state index in [1.165, 1.54) is 6.07 Å². The van der Waals surface area contributed by atoms with E-state index in [1.807, 2.05) is 13.8 Å². The van der Waals surface area contributed by atoms with E-state index in [9.17, 15) is 4.39 Å². The molecular formula is C12H16FNO. The summed E-state index contributed by atoms with van der Waals surface area (Å²) in [5, 5.41) is 3.33. The summed E-state index contributed by atoms with van der Waals surface area (Å²) in [6, 6.07) is 5.11. The first-order valence-corrected chi connectivity index (χ1v) is 5.31. The van der Waals surface area contributed by atoms with Crippen LogP contribution in [0, 0.1) is 12.7 Å². The quantitative estimate of drug-likeness (QED) is 0.808. The number of halogens is 1. The molecule has 1 saturated heterocycles. The summed E-state index contributed by atoms with van der Waals surface area (Å²) < 4.78 is 18.5. The van der Waals surface area contributed by atoms with Crippen LogP contribution in [0.5, 0.6) is 0 Å². The van der Waals surface area contributed by atoms with E-state index < -0.39 is 0 Å². The summed E-state index contributed by atoms with van der Waals surface area (Å²) in [5.41, 5.74) is 1.94. The van der Waals surface area contributed by atoms with Gasteiger partial charge in [0.25, 0.3) is 0 Å². The second kappa shape index (κ2) is 4.19. The van der Waals surface area contributed by atoms with E-state index in [0.29, 0.717) is 6.04 Å². The van der Waals surface area contributed by atoms with Crippen LogP contribution in [0.1, 0.15) is 18.9 Å². The van der Waals surface area contributed by atoms with Crippen LogP contribution in [0.2, 0.25) is 0 Å². The lowest BCUT2D eigenvalue weighted by Gasteiger charge is -2.18. The normalized spacial score (nSPS) is 25.5. The van der Waals surface area contributed by atoms with Crippen LogP contribution in [0.4, 0.5) is 10.1 Å². The second-order valence-corrected chi connectivity index (χ2v) is 4.07. The predicted molar refractivity (Wildman–Crippen MR) is 58.6 cm³/mol. The lowest BCUT2D eigenvalue weighted by atomic mass is 10.1. The van der Waals surface area contributed by atoms with Crippen molar-refractivity contribution in [3.8, 4) is 0 Å². The van der Waals surface area contributed by atoms with Crippen LogP contribution in [0.3, 0.4) is 0 Å². The van der Waals surface area contributed by atoms with E-state index in [4.69, 9.17) is 4.74 Å². The lowest BCUT2D eigenvalue weighted by Crippen LogP contribution is -2.27. The molecule has 3 heteroatoms. The molecule has 0 spiro atoms. The number of benzene rings is 1. The molecule has 1 aromatic carbocycles. The fourth-order valence-corrected chi connectivity index (χ4v) is 1.87. The third kappa shape index (κ3) is 2.29. The van der Waals surface area contributed by atoms with Gasteiger partial charge in [0.05, 0.1) is 12.1 Å². The third-order valence-electron chi connectivity index (χ3n) is 2.92. The van der Waals surface area contributed by atoms with Crippen molar-refractivity contribution < 1.29 is 9.13 Å². The van der Waals surface area contributed by atoms with E-state index in [2.05, 4.69) is 5.32 Å². The molecule has 0 saturated carbocycles. The predicted octanol–water partition coefficient (Wildman–Crippen LogP) is 2.72. The fraction of sp³-hybridized carbons (Fsp3) is 0.500. The molecule has 0 aromatic heterocycles. The zero-order valence-electron chi connectivity index (χ0n) is 9.09. The van der Waals surface area contributed by atoms with Crippen LogP contribution in [-0.2, 0) is 4.74 Å². The number of rotatable bonds is 2. The molecule has 15 heavy (non-hydrogen) atoms. The highest BCUT2D eigenvalue weighted by molar-refractivity contribution is 5.51. The Bertz CT molecular complexity index is 353. The molecule has 1 aromatic rings. The highest BCUT2D eigenvalue weighted by atomic mass is 19.1. The van der Waals surface area contributed by atoms with Crippen molar-refractivity contribution in [2.24, 2.45) is 0 Å². The van der Waals surface area contributed by atoms with Gasteiger partial charge in [0, 0.05) is 12.3 Å². The number of anilines is 1. The van der Waals surface area contributed by atoms with Gasteiger partial charge < -0.3 is 10.1 Å². The Morgan fingerprint density at radius 1 is 1.47 bits per heavy atom. The molecule has 1 N–H and O–H groups in total. The van der Waals surface area contributed by atoms with E-state index in [1.54, 1.807) is 12.1 Å². The maximum Gasteiger partial charge on any atom is 0.125 e. The molecule has 82 valence electrons. The van der Waals surface area contributed by atoms with Gasteiger partial charge in [0.1, 0.15) is 5.82 Å². The van der Waals surface area contributed by atoms with Crippen LogP contribution in [-0.4, -0.2) is 18.8 Å². The Kier molecular flexibility index (Phi) is 2.91. The minimum atomic E-state index is -0.199. The number of nitrogens with one attached hydrogen (secondary N) is 1. The van der Waals surface area contributed by atoms with E-state index in [-0.39, 0.29) is 11.9 Å². The standard InChI is InChI=1S/C12H16FNO/c1-8-3-4-10(13)7-12(8)14-11-5-6-15-9(11)2/h3-4,7,9,11,14H,5-6H2,1-2H3/t9-,11-/m0/s1. The van der Waals surface area contributed by atoms with Crippen LogP contribution in [0.15, 0.2) is 18.2 Å². The number of aryl methyl sites for hydroxylation is 1. The largest absolute Gasteiger partial charge is 0.379 e. The molecule has 0 radical (unpaired) electrons. The number of hydrogen-bond donors (Lipinski definition) is 1. The van der Waals surface area contributed by atoms with Gasteiger partial charge in [-0.3, -0.25) is 0 Å². The van der Waals surface area contributed by atoms with Crippen molar-refractivity contribution in [2.75, 3.05) is 11.9 Å². The molecule has 1 aliphatic heterocycles. The van der Waals surface area contributed by atoms with Gasteiger partial charge in [-0.2, -0.15) is 0 Å². The van der Waals surface area contributed by atoms with Gasteiger partial charge in [-0.05, 0) is 38.0 Å². The van der Waals surface area contributed by atoms with Gasteiger partial charge in [0.15, 0.2) is 0 Å². The maximum atomic E-state index is 13.0. The van der Waals surface area contributed by atoms with Crippen molar-refractivity contribution in [1.82, 2.24) is 0 Å². The summed E-state index contributed by atoms with van der Waals surface area (Å²) in [4.78, 5) is 0. The fourth-order valence-electron chi connectivity index (χ4n) is 1.87. The number of ether oxygens (including phenoxy) is 1. The monoisotopic (exact) mass is 209 g/mol. The molecule has 2 nitrogen and oxygen atoms in total. The minimum Gasteiger partial charge on any atom is -0.379 e. The first kappa shape index (κ1) is 10.4.